The van der Waals surface area contributed by atoms with Crippen molar-refractivity contribution >= 4 is 15.8 Å². The summed E-state index contributed by atoms with van der Waals surface area (Å²) in [7, 11) is -3.85. The van der Waals surface area contributed by atoms with E-state index >= 15 is 0 Å². The van der Waals surface area contributed by atoms with Gasteiger partial charge in [-0.15, -0.1) is 0 Å². The van der Waals surface area contributed by atoms with E-state index in [4.69, 9.17) is 15.0 Å². The second-order valence-corrected chi connectivity index (χ2v) is 4.99. The predicted octanol–water partition coefficient (Wildman–Crippen LogP) is 1.32. The van der Waals surface area contributed by atoms with Gasteiger partial charge in [-0.25, -0.2) is 0 Å². The molecule has 6 heteroatoms. The van der Waals surface area contributed by atoms with Crippen molar-refractivity contribution in [2.75, 3.05) is 18.1 Å². The molecule has 0 spiro atoms. The summed E-state index contributed by atoms with van der Waals surface area (Å²) in [6.07, 6.45) is 0.940. The molecular weight excluding hydrogens is 230 g/mol. The molecule has 1 aromatic carbocycles. The predicted molar refractivity (Wildman–Crippen MR) is 62.0 cm³/mol. The molecule has 0 unspecified atom stereocenters. The summed E-state index contributed by atoms with van der Waals surface area (Å²) >= 11 is 0. The van der Waals surface area contributed by atoms with Crippen molar-refractivity contribution in [3.05, 3.63) is 24.3 Å². The minimum Gasteiger partial charge on any atom is -0.494 e. The summed E-state index contributed by atoms with van der Waals surface area (Å²) in [5.74, 6) is 0.430. The molecule has 0 saturated carbocycles. The van der Waals surface area contributed by atoms with Crippen LogP contribution in [0.1, 0.15) is 12.8 Å². The maximum atomic E-state index is 10.4. The number of hydrogen-bond acceptors (Lipinski definition) is 4. The molecule has 16 heavy (non-hydrogen) atoms. The number of unbranched alkanes of at least 4 members (excludes halogenated alkanes) is 1. The van der Waals surface area contributed by atoms with E-state index in [0.29, 0.717) is 30.9 Å². The third kappa shape index (κ3) is 5.57. The summed E-state index contributed by atoms with van der Waals surface area (Å²) in [5, 5.41) is 0. The van der Waals surface area contributed by atoms with Gasteiger partial charge in [-0.05, 0) is 25.0 Å². The Kier molecular flexibility index (Phi) is 4.57. The molecule has 0 aliphatic heterocycles. The lowest BCUT2D eigenvalue weighted by Crippen LogP contribution is -2.06. The topological polar surface area (TPSA) is 89.6 Å². The van der Waals surface area contributed by atoms with E-state index in [0.717, 1.165) is 0 Å². The van der Waals surface area contributed by atoms with Gasteiger partial charge in [0.15, 0.2) is 0 Å². The number of nitrogen functional groups attached to an aromatic ring is 1. The first-order valence-corrected chi connectivity index (χ1v) is 6.52. The van der Waals surface area contributed by atoms with Crippen LogP contribution >= 0.6 is 0 Å². The SMILES string of the molecule is Nc1cccc(OCCCCS(=O)(=O)O)c1. The van der Waals surface area contributed by atoms with Crippen molar-refractivity contribution in [1.29, 1.82) is 0 Å². The lowest BCUT2D eigenvalue weighted by molar-refractivity contribution is 0.309. The quantitative estimate of drug-likeness (QED) is 0.448. The molecule has 0 atom stereocenters. The van der Waals surface area contributed by atoms with Gasteiger partial charge >= 0.3 is 0 Å². The summed E-state index contributed by atoms with van der Waals surface area (Å²) in [4.78, 5) is 0. The number of anilines is 1. The molecule has 0 radical (unpaired) electrons. The van der Waals surface area contributed by atoms with E-state index in [2.05, 4.69) is 0 Å². The van der Waals surface area contributed by atoms with Crippen LogP contribution in [0.2, 0.25) is 0 Å². The summed E-state index contributed by atoms with van der Waals surface area (Å²) < 4.78 is 34.6. The molecule has 5 nitrogen and oxygen atoms in total. The summed E-state index contributed by atoms with van der Waals surface area (Å²) in [6, 6.07) is 7.01. The molecule has 0 heterocycles. The first-order chi connectivity index (χ1) is 7.47. The van der Waals surface area contributed by atoms with Gasteiger partial charge < -0.3 is 10.5 Å². The molecular formula is C10H15NO4S. The van der Waals surface area contributed by atoms with Crippen LogP contribution in [0, 0.1) is 0 Å². The van der Waals surface area contributed by atoms with Gasteiger partial charge in [0.2, 0.25) is 0 Å². The molecule has 0 amide bonds. The van der Waals surface area contributed by atoms with Crippen LogP contribution in [-0.4, -0.2) is 25.3 Å². The van der Waals surface area contributed by atoms with Crippen LogP contribution < -0.4 is 10.5 Å². The Balaban J connectivity index is 2.21. The van der Waals surface area contributed by atoms with Crippen molar-refractivity contribution in [3.8, 4) is 5.75 Å². The molecule has 1 rings (SSSR count). The van der Waals surface area contributed by atoms with Crippen molar-refractivity contribution < 1.29 is 17.7 Å². The molecule has 0 aliphatic carbocycles. The van der Waals surface area contributed by atoms with Gasteiger partial charge in [0.25, 0.3) is 10.1 Å². The van der Waals surface area contributed by atoms with Crippen LogP contribution in [0.4, 0.5) is 5.69 Å². The van der Waals surface area contributed by atoms with Crippen LogP contribution in [0.3, 0.4) is 0 Å². The van der Waals surface area contributed by atoms with E-state index in [1.54, 1.807) is 24.3 Å². The van der Waals surface area contributed by atoms with Crippen molar-refractivity contribution in [2.24, 2.45) is 0 Å². The van der Waals surface area contributed by atoms with E-state index in [1.807, 2.05) is 0 Å². The van der Waals surface area contributed by atoms with Crippen molar-refractivity contribution in [3.63, 3.8) is 0 Å². The van der Waals surface area contributed by atoms with Crippen LogP contribution in [0.25, 0.3) is 0 Å². The fourth-order valence-corrected chi connectivity index (χ4v) is 1.75. The van der Waals surface area contributed by atoms with Gasteiger partial charge in [0.1, 0.15) is 5.75 Å². The van der Waals surface area contributed by atoms with Gasteiger partial charge in [-0.2, -0.15) is 8.42 Å². The Bertz CT molecular complexity index is 430. The Morgan fingerprint density at radius 3 is 2.69 bits per heavy atom. The Morgan fingerprint density at radius 1 is 1.31 bits per heavy atom. The Labute approximate surface area is 95.0 Å². The number of nitrogens with two attached hydrogens (primary N) is 1. The molecule has 0 bridgehead atoms. The van der Waals surface area contributed by atoms with E-state index in [9.17, 15) is 8.42 Å². The number of hydrogen-bond donors (Lipinski definition) is 2. The number of benzene rings is 1. The fraction of sp³-hybridized carbons (Fsp3) is 0.400. The van der Waals surface area contributed by atoms with Gasteiger partial charge in [0.05, 0.1) is 12.4 Å². The average molecular weight is 245 g/mol. The highest BCUT2D eigenvalue weighted by molar-refractivity contribution is 7.85. The second-order valence-electron chi connectivity index (χ2n) is 3.41. The zero-order chi connectivity index (χ0) is 12.0. The van der Waals surface area contributed by atoms with Crippen LogP contribution in [-0.2, 0) is 10.1 Å². The molecule has 0 fully saturated rings. The third-order valence-electron chi connectivity index (χ3n) is 1.92. The number of rotatable bonds is 6. The van der Waals surface area contributed by atoms with Crippen molar-refractivity contribution in [1.82, 2.24) is 0 Å². The zero-order valence-corrected chi connectivity index (χ0v) is 9.61. The first-order valence-electron chi connectivity index (χ1n) is 4.91. The van der Waals surface area contributed by atoms with Crippen LogP contribution in [0.15, 0.2) is 24.3 Å². The van der Waals surface area contributed by atoms with Gasteiger partial charge in [-0.1, -0.05) is 6.07 Å². The minimum atomic E-state index is -3.85. The molecule has 3 N–H and O–H groups in total. The minimum absolute atomic E-state index is 0.229. The highest BCUT2D eigenvalue weighted by Gasteiger charge is 2.03. The highest BCUT2D eigenvalue weighted by Crippen LogP contribution is 2.14. The van der Waals surface area contributed by atoms with E-state index in [1.165, 1.54) is 0 Å². The maximum Gasteiger partial charge on any atom is 0.264 e. The Morgan fingerprint density at radius 2 is 2.06 bits per heavy atom. The zero-order valence-electron chi connectivity index (χ0n) is 8.80. The lowest BCUT2D eigenvalue weighted by atomic mass is 10.3. The monoisotopic (exact) mass is 245 g/mol. The van der Waals surface area contributed by atoms with Crippen molar-refractivity contribution in [2.45, 2.75) is 12.8 Å². The van der Waals surface area contributed by atoms with Gasteiger partial charge in [-0.3, -0.25) is 4.55 Å². The highest BCUT2D eigenvalue weighted by atomic mass is 32.2. The summed E-state index contributed by atoms with van der Waals surface area (Å²) in [6.45, 7) is 0.402. The smallest absolute Gasteiger partial charge is 0.264 e. The maximum absolute atomic E-state index is 10.4. The second kappa shape index (κ2) is 5.72. The van der Waals surface area contributed by atoms with Gasteiger partial charge in [0, 0.05) is 11.8 Å². The lowest BCUT2D eigenvalue weighted by Gasteiger charge is -2.05. The Hall–Kier alpha value is -1.27. The molecule has 90 valence electrons. The molecule has 0 saturated heterocycles. The largest absolute Gasteiger partial charge is 0.494 e. The third-order valence-corrected chi connectivity index (χ3v) is 2.73. The normalized spacial score (nSPS) is 11.3. The molecule has 0 aliphatic rings. The molecule has 1 aromatic rings. The fourth-order valence-electron chi connectivity index (χ4n) is 1.18. The van der Waals surface area contributed by atoms with Crippen LogP contribution in [0.5, 0.6) is 5.75 Å². The van der Waals surface area contributed by atoms with E-state index in [-0.39, 0.29) is 5.75 Å². The van der Waals surface area contributed by atoms with E-state index < -0.39 is 10.1 Å². The standard InChI is InChI=1S/C10H15NO4S/c11-9-4-3-5-10(8-9)15-6-1-2-7-16(12,13)14/h3-5,8H,1-2,6-7,11H2,(H,12,13,14). The summed E-state index contributed by atoms with van der Waals surface area (Å²) in [5.41, 5.74) is 6.17. The first kappa shape index (κ1) is 12.8. The average Bonchev–Trinajstić information content (AvgIpc) is 2.15. The molecule has 0 aromatic heterocycles. The number of ether oxygens (including phenoxy) is 1.